The Morgan fingerprint density at radius 3 is 3.05 bits per heavy atom. The van der Waals surface area contributed by atoms with Gasteiger partial charge in [-0.05, 0) is 18.6 Å². The molecule has 3 heterocycles. The Labute approximate surface area is 121 Å². The highest BCUT2D eigenvalue weighted by molar-refractivity contribution is 5.48. The first kappa shape index (κ1) is 11.9. The lowest BCUT2D eigenvalue weighted by molar-refractivity contribution is 0.274. The molecule has 5 heteroatoms. The molecule has 1 aliphatic heterocycles. The van der Waals surface area contributed by atoms with Crippen LogP contribution in [0.4, 0.5) is 0 Å². The number of nitriles is 1. The van der Waals surface area contributed by atoms with Crippen molar-refractivity contribution in [3.8, 4) is 11.8 Å². The standard InChI is InChI=1S/C16H12N4O/c17-10-11-5-7-20-15(9-11)18-19-16(20)13-6-8-21-14-4-2-1-3-12(13)14/h1-5,7,9,13H,6,8H2. The second-order valence-corrected chi connectivity index (χ2v) is 5.04. The van der Waals surface area contributed by atoms with Gasteiger partial charge in [-0.15, -0.1) is 10.2 Å². The summed E-state index contributed by atoms with van der Waals surface area (Å²) in [4.78, 5) is 0. The predicted octanol–water partition coefficient (Wildman–Crippen LogP) is 2.52. The van der Waals surface area contributed by atoms with E-state index in [1.54, 1.807) is 12.1 Å². The molecule has 1 atom stereocenters. The Morgan fingerprint density at radius 2 is 2.14 bits per heavy atom. The topological polar surface area (TPSA) is 63.2 Å². The van der Waals surface area contributed by atoms with Crippen molar-refractivity contribution in [2.24, 2.45) is 0 Å². The highest BCUT2D eigenvalue weighted by Gasteiger charge is 2.26. The molecule has 1 aliphatic rings. The Morgan fingerprint density at radius 1 is 1.24 bits per heavy atom. The summed E-state index contributed by atoms with van der Waals surface area (Å²) in [5, 5.41) is 17.5. The maximum atomic E-state index is 8.96. The molecule has 1 aromatic carbocycles. The number of rotatable bonds is 1. The first-order chi connectivity index (χ1) is 10.4. The van der Waals surface area contributed by atoms with E-state index < -0.39 is 0 Å². The van der Waals surface area contributed by atoms with Crippen molar-refractivity contribution in [2.45, 2.75) is 12.3 Å². The van der Waals surface area contributed by atoms with Crippen molar-refractivity contribution in [1.82, 2.24) is 14.6 Å². The number of aromatic nitrogens is 3. The van der Waals surface area contributed by atoms with Gasteiger partial charge in [0, 0.05) is 17.8 Å². The summed E-state index contributed by atoms with van der Waals surface area (Å²) in [5.41, 5.74) is 2.43. The van der Waals surface area contributed by atoms with Gasteiger partial charge >= 0.3 is 0 Å². The number of hydrogen-bond acceptors (Lipinski definition) is 4. The summed E-state index contributed by atoms with van der Waals surface area (Å²) >= 11 is 0. The van der Waals surface area contributed by atoms with Crippen LogP contribution in [-0.4, -0.2) is 21.2 Å². The Kier molecular flexibility index (Phi) is 2.61. The van der Waals surface area contributed by atoms with Gasteiger partial charge in [0.15, 0.2) is 5.65 Å². The van der Waals surface area contributed by atoms with Crippen LogP contribution in [0.3, 0.4) is 0 Å². The number of ether oxygens (including phenoxy) is 1. The smallest absolute Gasteiger partial charge is 0.162 e. The molecule has 0 saturated carbocycles. The number of hydrogen-bond donors (Lipinski definition) is 0. The third kappa shape index (κ3) is 1.84. The van der Waals surface area contributed by atoms with Gasteiger partial charge in [-0.25, -0.2) is 0 Å². The van der Waals surface area contributed by atoms with Gasteiger partial charge in [0.05, 0.1) is 24.2 Å². The van der Waals surface area contributed by atoms with Crippen LogP contribution in [-0.2, 0) is 0 Å². The fourth-order valence-corrected chi connectivity index (χ4v) is 2.83. The highest BCUT2D eigenvalue weighted by Crippen LogP contribution is 2.37. The quantitative estimate of drug-likeness (QED) is 0.685. The van der Waals surface area contributed by atoms with Gasteiger partial charge in [-0.2, -0.15) is 5.26 Å². The monoisotopic (exact) mass is 276 g/mol. The normalized spacial score (nSPS) is 17.0. The van der Waals surface area contributed by atoms with E-state index in [0.717, 1.165) is 23.6 Å². The predicted molar refractivity (Wildman–Crippen MR) is 76.1 cm³/mol. The molecule has 0 bridgehead atoms. The molecule has 0 aliphatic carbocycles. The number of para-hydroxylation sites is 1. The van der Waals surface area contributed by atoms with Crippen molar-refractivity contribution >= 4 is 5.65 Å². The average Bonchev–Trinajstić information content (AvgIpc) is 2.97. The Balaban J connectivity index is 1.87. The first-order valence-corrected chi connectivity index (χ1v) is 6.83. The van der Waals surface area contributed by atoms with Crippen molar-refractivity contribution in [3.05, 3.63) is 59.5 Å². The largest absolute Gasteiger partial charge is 0.493 e. The van der Waals surface area contributed by atoms with Crippen LogP contribution in [0.2, 0.25) is 0 Å². The van der Waals surface area contributed by atoms with Gasteiger partial charge < -0.3 is 4.74 Å². The van der Waals surface area contributed by atoms with Crippen molar-refractivity contribution in [1.29, 1.82) is 5.26 Å². The summed E-state index contributed by atoms with van der Waals surface area (Å²) in [6.07, 6.45) is 2.74. The number of benzene rings is 1. The maximum absolute atomic E-state index is 8.96. The fraction of sp³-hybridized carbons (Fsp3) is 0.188. The zero-order valence-electron chi connectivity index (χ0n) is 11.2. The molecule has 5 nitrogen and oxygen atoms in total. The second kappa shape index (κ2) is 4.60. The molecule has 1 unspecified atom stereocenters. The van der Waals surface area contributed by atoms with Crippen LogP contribution in [0.5, 0.6) is 5.75 Å². The minimum Gasteiger partial charge on any atom is -0.493 e. The minimum atomic E-state index is 0.165. The number of nitrogens with zero attached hydrogens (tertiary/aromatic N) is 4. The van der Waals surface area contributed by atoms with E-state index in [1.165, 1.54) is 0 Å². The molecule has 0 radical (unpaired) electrons. The van der Waals surface area contributed by atoms with E-state index in [9.17, 15) is 0 Å². The van der Waals surface area contributed by atoms with Crippen LogP contribution < -0.4 is 4.74 Å². The summed E-state index contributed by atoms with van der Waals surface area (Å²) in [5.74, 6) is 1.97. The number of fused-ring (bicyclic) bond motifs is 2. The van der Waals surface area contributed by atoms with Gasteiger partial charge in [0.1, 0.15) is 11.6 Å². The van der Waals surface area contributed by atoms with Gasteiger partial charge in [0.2, 0.25) is 0 Å². The number of pyridine rings is 1. The maximum Gasteiger partial charge on any atom is 0.162 e. The molecule has 0 saturated heterocycles. The van der Waals surface area contributed by atoms with Crippen molar-refractivity contribution in [3.63, 3.8) is 0 Å². The average molecular weight is 276 g/mol. The van der Waals surface area contributed by atoms with Gasteiger partial charge in [0.25, 0.3) is 0 Å². The van der Waals surface area contributed by atoms with E-state index in [2.05, 4.69) is 22.3 Å². The SMILES string of the molecule is N#Cc1ccn2c(C3CCOc4ccccc43)nnc2c1. The lowest BCUT2D eigenvalue weighted by atomic mass is 9.92. The van der Waals surface area contributed by atoms with Gasteiger partial charge in [-0.3, -0.25) is 4.40 Å². The Hall–Kier alpha value is -2.87. The van der Waals surface area contributed by atoms with E-state index in [4.69, 9.17) is 10.00 Å². The molecule has 0 fully saturated rings. The first-order valence-electron chi connectivity index (χ1n) is 6.83. The van der Waals surface area contributed by atoms with E-state index in [0.29, 0.717) is 17.8 Å². The van der Waals surface area contributed by atoms with Crippen LogP contribution in [0.1, 0.15) is 29.3 Å². The fourth-order valence-electron chi connectivity index (χ4n) is 2.83. The minimum absolute atomic E-state index is 0.165. The third-order valence-electron chi connectivity index (χ3n) is 3.84. The molecule has 102 valence electrons. The van der Waals surface area contributed by atoms with Gasteiger partial charge in [-0.1, -0.05) is 18.2 Å². The summed E-state index contributed by atoms with van der Waals surface area (Å²) in [6.45, 7) is 0.673. The summed E-state index contributed by atoms with van der Waals surface area (Å²) < 4.78 is 7.65. The molecule has 0 amide bonds. The summed E-state index contributed by atoms with van der Waals surface area (Å²) in [6, 6.07) is 13.7. The lowest BCUT2D eigenvalue weighted by Crippen LogP contribution is -2.17. The molecular weight excluding hydrogens is 264 g/mol. The van der Waals surface area contributed by atoms with E-state index >= 15 is 0 Å². The van der Waals surface area contributed by atoms with E-state index in [-0.39, 0.29) is 5.92 Å². The third-order valence-corrected chi connectivity index (χ3v) is 3.84. The lowest BCUT2D eigenvalue weighted by Gasteiger charge is -2.24. The molecule has 4 rings (SSSR count). The molecule has 3 aromatic rings. The molecule has 0 N–H and O–H groups in total. The molecule has 2 aromatic heterocycles. The zero-order chi connectivity index (χ0) is 14.2. The van der Waals surface area contributed by atoms with E-state index in [1.807, 2.05) is 28.8 Å². The molecular formula is C16H12N4O. The second-order valence-electron chi connectivity index (χ2n) is 5.04. The summed E-state index contributed by atoms with van der Waals surface area (Å²) in [7, 11) is 0. The van der Waals surface area contributed by atoms with Crippen LogP contribution >= 0.6 is 0 Å². The zero-order valence-corrected chi connectivity index (χ0v) is 11.2. The van der Waals surface area contributed by atoms with Crippen molar-refractivity contribution in [2.75, 3.05) is 6.61 Å². The van der Waals surface area contributed by atoms with Crippen LogP contribution in [0, 0.1) is 11.3 Å². The molecule has 0 spiro atoms. The van der Waals surface area contributed by atoms with Crippen LogP contribution in [0.15, 0.2) is 42.6 Å². The Bertz CT molecular complexity index is 862. The molecule has 21 heavy (non-hydrogen) atoms. The van der Waals surface area contributed by atoms with Crippen LogP contribution in [0.25, 0.3) is 5.65 Å². The van der Waals surface area contributed by atoms with Crippen molar-refractivity contribution < 1.29 is 4.74 Å². The highest BCUT2D eigenvalue weighted by atomic mass is 16.5.